The fraction of sp³-hybridized carbons (Fsp3) is 0.357. The van der Waals surface area contributed by atoms with Gasteiger partial charge in [-0.25, -0.2) is 4.79 Å². The van der Waals surface area contributed by atoms with Crippen LogP contribution in [0.4, 0.5) is 0 Å². The third kappa shape index (κ3) is 2.94. The summed E-state index contributed by atoms with van der Waals surface area (Å²) in [6.45, 7) is 0.465. The van der Waals surface area contributed by atoms with Crippen molar-refractivity contribution in [3.63, 3.8) is 0 Å². The zero-order chi connectivity index (χ0) is 14.5. The quantitative estimate of drug-likeness (QED) is 0.858. The molecule has 1 fully saturated rings. The van der Waals surface area contributed by atoms with Crippen LogP contribution in [0.2, 0.25) is 0 Å². The summed E-state index contributed by atoms with van der Waals surface area (Å²) in [5, 5.41) is 17.8. The number of hydrogen-bond donors (Lipinski definition) is 1. The number of carboxylic acid groups (broad SMARTS) is 1. The highest BCUT2D eigenvalue weighted by molar-refractivity contribution is 7.99. The Morgan fingerprint density at radius 1 is 1.45 bits per heavy atom. The van der Waals surface area contributed by atoms with E-state index in [1.807, 2.05) is 6.07 Å². The van der Waals surface area contributed by atoms with Crippen LogP contribution < -0.4 is 0 Å². The lowest BCUT2D eigenvalue weighted by Gasteiger charge is -2.22. The standard InChI is InChI=1S/C14H14N2O3S/c15-7-9-20-12-6-2-1-4-10(12)13(17)16-8-3-5-11(16)14(18)19/h1-2,4,6,11H,3,5,8-9H2,(H,18,19)/t11-/m1/s1. The van der Waals surface area contributed by atoms with Crippen molar-refractivity contribution in [3.05, 3.63) is 29.8 Å². The minimum atomic E-state index is -0.960. The van der Waals surface area contributed by atoms with Crippen molar-refractivity contribution in [1.82, 2.24) is 4.90 Å². The summed E-state index contributed by atoms with van der Waals surface area (Å²) in [7, 11) is 0. The van der Waals surface area contributed by atoms with Crippen LogP contribution in [0.5, 0.6) is 0 Å². The van der Waals surface area contributed by atoms with E-state index in [9.17, 15) is 9.59 Å². The molecule has 2 rings (SSSR count). The number of thioether (sulfide) groups is 1. The van der Waals surface area contributed by atoms with E-state index in [-0.39, 0.29) is 11.7 Å². The molecule has 0 aromatic heterocycles. The summed E-state index contributed by atoms with van der Waals surface area (Å²) in [5.41, 5.74) is 0.473. The summed E-state index contributed by atoms with van der Waals surface area (Å²) in [4.78, 5) is 25.8. The fourth-order valence-electron chi connectivity index (χ4n) is 2.30. The number of carbonyl (C=O) groups is 2. The molecule has 1 heterocycles. The average molecular weight is 290 g/mol. The third-order valence-corrected chi connectivity index (χ3v) is 4.15. The Morgan fingerprint density at radius 3 is 2.90 bits per heavy atom. The van der Waals surface area contributed by atoms with Crippen molar-refractivity contribution in [3.8, 4) is 6.07 Å². The maximum absolute atomic E-state index is 12.5. The van der Waals surface area contributed by atoms with Crippen LogP contribution in [-0.4, -0.2) is 40.2 Å². The number of carbonyl (C=O) groups excluding carboxylic acids is 1. The summed E-state index contributed by atoms with van der Waals surface area (Å²) in [6, 6.07) is 8.29. The van der Waals surface area contributed by atoms with Crippen LogP contribution in [0.25, 0.3) is 0 Å². The minimum Gasteiger partial charge on any atom is -0.480 e. The molecule has 1 atom stereocenters. The molecule has 1 aliphatic rings. The second kappa shape index (κ2) is 6.44. The Morgan fingerprint density at radius 2 is 2.20 bits per heavy atom. The Labute approximate surface area is 121 Å². The first kappa shape index (κ1) is 14.4. The molecule has 1 aromatic carbocycles. The van der Waals surface area contributed by atoms with Gasteiger partial charge in [-0.15, -0.1) is 11.8 Å². The van der Waals surface area contributed by atoms with E-state index in [0.29, 0.717) is 24.9 Å². The molecule has 1 aliphatic heterocycles. The highest BCUT2D eigenvalue weighted by Crippen LogP contribution is 2.26. The Hall–Kier alpha value is -2.00. The van der Waals surface area contributed by atoms with Crippen molar-refractivity contribution in [2.75, 3.05) is 12.3 Å². The molecule has 1 aromatic rings. The van der Waals surface area contributed by atoms with Gasteiger partial charge in [-0.3, -0.25) is 4.79 Å². The first-order chi connectivity index (χ1) is 9.65. The van der Waals surface area contributed by atoms with Crippen molar-refractivity contribution in [2.45, 2.75) is 23.8 Å². The zero-order valence-corrected chi connectivity index (χ0v) is 11.6. The molecule has 0 radical (unpaired) electrons. The first-order valence-corrected chi connectivity index (χ1v) is 7.26. The van der Waals surface area contributed by atoms with Gasteiger partial charge in [0.05, 0.1) is 17.4 Å². The molecule has 0 bridgehead atoms. The molecule has 1 saturated heterocycles. The minimum absolute atomic E-state index is 0.257. The van der Waals surface area contributed by atoms with Crippen molar-refractivity contribution < 1.29 is 14.7 Å². The smallest absolute Gasteiger partial charge is 0.326 e. The van der Waals surface area contributed by atoms with Gasteiger partial charge in [0.15, 0.2) is 0 Å². The fourth-order valence-corrected chi connectivity index (χ4v) is 3.01. The molecule has 5 nitrogen and oxygen atoms in total. The predicted octanol–water partition coefficient (Wildman–Crippen LogP) is 1.99. The van der Waals surface area contributed by atoms with E-state index >= 15 is 0 Å². The summed E-state index contributed by atoms with van der Waals surface area (Å²) < 4.78 is 0. The predicted molar refractivity (Wildman–Crippen MR) is 74.5 cm³/mol. The topological polar surface area (TPSA) is 81.4 Å². The summed E-state index contributed by atoms with van der Waals surface area (Å²) >= 11 is 1.29. The van der Waals surface area contributed by atoms with Gasteiger partial charge < -0.3 is 10.0 Å². The normalized spacial score (nSPS) is 17.8. The number of carboxylic acids is 1. The van der Waals surface area contributed by atoms with Crippen LogP contribution in [0.3, 0.4) is 0 Å². The van der Waals surface area contributed by atoms with Crippen LogP contribution in [-0.2, 0) is 4.79 Å². The lowest BCUT2D eigenvalue weighted by atomic mass is 10.1. The van der Waals surface area contributed by atoms with Gasteiger partial charge in [0, 0.05) is 11.4 Å². The number of amides is 1. The first-order valence-electron chi connectivity index (χ1n) is 6.27. The van der Waals surface area contributed by atoms with Gasteiger partial charge in [-0.1, -0.05) is 12.1 Å². The number of nitriles is 1. The highest BCUT2D eigenvalue weighted by atomic mass is 32.2. The van der Waals surface area contributed by atoms with Crippen LogP contribution in [0.15, 0.2) is 29.2 Å². The lowest BCUT2D eigenvalue weighted by molar-refractivity contribution is -0.141. The molecule has 104 valence electrons. The molecular weight excluding hydrogens is 276 g/mol. The van der Waals surface area contributed by atoms with Gasteiger partial charge in [0.25, 0.3) is 5.91 Å². The van der Waals surface area contributed by atoms with E-state index in [1.54, 1.807) is 24.3 Å². The Kier molecular flexibility index (Phi) is 4.64. The summed E-state index contributed by atoms with van der Waals surface area (Å²) in [6.07, 6.45) is 1.20. The molecular formula is C14H14N2O3S. The molecule has 1 N–H and O–H groups in total. The van der Waals surface area contributed by atoms with E-state index in [4.69, 9.17) is 10.4 Å². The zero-order valence-electron chi connectivity index (χ0n) is 10.8. The Bertz CT molecular complexity index is 568. The maximum Gasteiger partial charge on any atom is 0.326 e. The molecule has 0 aliphatic carbocycles. The van der Waals surface area contributed by atoms with Crippen LogP contribution in [0.1, 0.15) is 23.2 Å². The van der Waals surface area contributed by atoms with Crippen molar-refractivity contribution in [1.29, 1.82) is 5.26 Å². The number of likely N-dealkylation sites (tertiary alicyclic amines) is 1. The monoisotopic (exact) mass is 290 g/mol. The summed E-state index contributed by atoms with van der Waals surface area (Å²) in [5.74, 6) is -0.971. The SMILES string of the molecule is N#CCSc1ccccc1C(=O)N1CCC[C@@H]1C(=O)O. The molecule has 1 amide bonds. The molecule has 20 heavy (non-hydrogen) atoms. The molecule has 6 heteroatoms. The van der Waals surface area contributed by atoms with E-state index in [2.05, 4.69) is 0 Å². The van der Waals surface area contributed by atoms with Crippen LogP contribution >= 0.6 is 11.8 Å². The number of rotatable bonds is 4. The van der Waals surface area contributed by atoms with Gasteiger partial charge in [0.2, 0.25) is 0 Å². The van der Waals surface area contributed by atoms with Crippen molar-refractivity contribution in [2.24, 2.45) is 0 Å². The lowest BCUT2D eigenvalue weighted by Crippen LogP contribution is -2.40. The Balaban J connectivity index is 2.25. The van der Waals surface area contributed by atoms with Gasteiger partial charge in [-0.2, -0.15) is 5.26 Å². The third-order valence-electron chi connectivity index (χ3n) is 3.21. The molecule has 0 unspecified atom stereocenters. The van der Waals surface area contributed by atoms with Gasteiger partial charge in [-0.05, 0) is 25.0 Å². The second-order valence-electron chi connectivity index (χ2n) is 4.44. The average Bonchev–Trinajstić information content (AvgIpc) is 2.94. The van der Waals surface area contributed by atoms with E-state index in [1.165, 1.54) is 16.7 Å². The van der Waals surface area contributed by atoms with E-state index in [0.717, 1.165) is 4.90 Å². The van der Waals surface area contributed by atoms with Crippen molar-refractivity contribution >= 4 is 23.6 Å². The largest absolute Gasteiger partial charge is 0.480 e. The van der Waals surface area contributed by atoms with Gasteiger partial charge >= 0.3 is 5.97 Å². The van der Waals surface area contributed by atoms with E-state index < -0.39 is 12.0 Å². The van der Waals surface area contributed by atoms with Gasteiger partial charge in [0.1, 0.15) is 6.04 Å². The maximum atomic E-state index is 12.5. The number of benzene rings is 1. The second-order valence-corrected chi connectivity index (χ2v) is 5.45. The number of aliphatic carboxylic acids is 1. The highest BCUT2D eigenvalue weighted by Gasteiger charge is 2.35. The molecule has 0 spiro atoms. The van der Waals surface area contributed by atoms with Crippen LogP contribution in [0, 0.1) is 11.3 Å². The molecule has 0 saturated carbocycles. The number of hydrogen-bond acceptors (Lipinski definition) is 4. The number of nitrogens with zero attached hydrogens (tertiary/aromatic N) is 2.